The van der Waals surface area contributed by atoms with Crippen LogP contribution >= 0.6 is 0 Å². The Balaban J connectivity index is 1.96. The number of hydrogen-bond donors (Lipinski definition) is 3. The highest BCUT2D eigenvalue weighted by atomic mass is 32.2. The van der Waals surface area contributed by atoms with Gasteiger partial charge in [-0.2, -0.15) is 4.99 Å². The summed E-state index contributed by atoms with van der Waals surface area (Å²) in [5.41, 5.74) is 0.993. The summed E-state index contributed by atoms with van der Waals surface area (Å²) >= 11 is 0. The Morgan fingerprint density at radius 1 is 0.833 bits per heavy atom. The molecule has 3 rings (SSSR count). The van der Waals surface area contributed by atoms with Gasteiger partial charge in [0.2, 0.25) is 21.7 Å². The van der Waals surface area contributed by atoms with Crippen molar-refractivity contribution in [3.8, 4) is 0 Å². The summed E-state index contributed by atoms with van der Waals surface area (Å²) in [5.74, 6) is -1.30. The predicted octanol–water partition coefficient (Wildman–Crippen LogP) is 3.37. The van der Waals surface area contributed by atoms with Gasteiger partial charge in [-0.05, 0) is 35.9 Å². The van der Waals surface area contributed by atoms with E-state index in [4.69, 9.17) is 0 Å². The third-order valence-electron chi connectivity index (χ3n) is 4.76. The number of amides is 3. The van der Waals surface area contributed by atoms with Crippen molar-refractivity contribution >= 4 is 45.1 Å². The van der Waals surface area contributed by atoms with Gasteiger partial charge in [0.15, 0.2) is 0 Å². The first-order valence-electron chi connectivity index (χ1n) is 10.7. The van der Waals surface area contributed by atoms with E-state index in [-0.39, 0.29) is 33.5 Å². The lowest BCUT2D eigenvalue weighted by Gasteiger charge is -2.16. The number of guanidine groups is 1. The second-order valence-corrected chi connectivity index (χ2v) is 9.41. The molecule has 0 bridgehead atoms. The molecule has 11 heteroatoms. The average molecular weight is 509 g/mol. The van der Waals surface area contributed by atoms with Crippen LogP contribution in [0.25, 0.3) is 0 Å². The van der Waals surface area contributed by atoms with Crippen molar-refractivity contribution in [1.82, 2.24) is 5.32 Å². The van der Waals surface area contributed by atoms with Crippen LogP contribution in [0.1, 0.15) is 12.5 Å². The molecule has 0 heterocycles. The SMILES string of the molecule is COC(=O)N/C(=N/C(=O)Cc1ccccc1)Nc1ccc(S(=O)(=O)c2ccccc2)cc1NC(C)=O. The van der Waals surface area contributed by atoms with Gasteiger partial charge in [-0.3, -0.25) is 14.9 Å². The van der Waals surface area contributed by atoms with Gasteiger partial charge in [0.05, 0.1) is 34.7 Å². The Labute approximate surface area is 208 Å². The highest BCUT2D eigenvalue weighted by Gasteiger charge is 2.20. The minimum Gasteiger partial charge on any atom is -0.453 e. The Hall–Kier alpha value is -4.51. The van der Waals surface area contributed by atoms with Crippen LogP contribution in [0.3, 0.4) is 0 Å². The second-order valence-electron chi connectivity index (χ2n) is 7.46. The van der Waals surface area contributed by atoms with Crippen molar-refractivity contribution < 1.29 is 27.5 Å². The van der Waals surface area contributed by atoms with Crippen molar-refractivity contribution in [3.05, 3.63) is 84.4 Å². The Morgan fingerprint density at radius 2 is 1.47 bits per heavy atom. The molecule has 0 saturated heterocycles. The molecule has 0 radical (unpaired) electrons. The molecule has 0 unspecified atom stereocenters. The minimum absolute atomic E-state index is 0.0261. The van der Waals surface area contributed by atoms with Crippen molar-refractivity contribution in [3.63, 3.8) is 0 Å². The van der Waals surface area contributed by atoms with Gasteiger partial charge in [-0.1, -0.05) is 48.5 Å². The maximum atomic E-state index is 13.0. The maximum Gasteiger partial charge on any atom is 0.413 e. The molecule has 3 amide bonds. The van der Waals surface area contributed by atoms with E-state index < -0.39 is 27.7 Å². The highest BCUT2D eigenvalue weighted by molar-refractivity contribution is 7.91. The zero-order chi connectivity index (χ0) is 26.1. The zero-order valence-corrected chi connectivity index (χ0v) is 20.3. The molecule has 0 aliphatic heterocycles. The van der Waals surface area contributed by atoms with Gasteiger partial charge < -0.3 is 15.4 Å². The van der Waals surface area contributed by atoms with Gasteiger partial charge in [0.25, 0.3) is 5.91 Å². The van der Waals surface area contributed by atoms with Crippen molar-refractivity contribution in [2.75, 3.05) is 17.7 Å². The van der Waals surface area contributed by atoms with E-state index in [1.807, 2.05) is 6.07 Å². The summed E-state index contributed by atoms with van der Waals surface area (Å²) in [6, 6.07) is 20.7. The molecule has 0 atom stereocenters. The number of nitrogens with one attached hydrogen (secondary N) is 3. The first-order valence-corrected chi connectivity index (χ1v) is 12.2. The molecule has 0 aromatic heterocycles. The number of sulfone groups is 1. The molecule has 0 fully saturated rings. The van der Waals surface area contributed by atoms with Crippen LogP contribution in [0.2, 0.25) is 0 Å². The van der Waals surface area contributed by atoms with Crippen LogP contribution in [0, 0.1) is 0 Å². The smallest absolute Gasteiger partial charge is 0.413 e. The van der Waals surface area contributed by atoms with Crippen LogP contribution in [0.5, 0.6) is 0 Å². The van der Waals surface area contributed by atoms with E-state index >= 15 is 0 Å². The maximum absolute atomic E-state index is 13.0. The van der Waals surface area contributed by atoms with Gasteiger partial charge >= 0.3 is 6.09 Å². The molecule has 186 valence electrons. The molecule has 36 heavy (non-hydrogen) atoms. The van der Waals surface area contributed by atoms with Crippen LogP contribution < -0.4 is 16.0 Å². The molecular formula is C25H24N4O6S. The Bertz CT molecular complexity index is 1390. The summed E-state index contributed by atoms with van der Waals surface area (Å²) < 4.78 is 30.7. The van der Waals surface area contributed by atoms with Crippen LogP contribution in [-0.2, 0) is 30.6 Å². The standard InChI is InChI=1S/C25H24N4O6S/c1-17(30)26-22-16-20(36(33,34)19-11-7-4-8-12-19)13-14-21(22)27-24(29-25(32)35-2)28-23(31)15-18-9-5-3-6-10-18/h3-14,16H,15H2,1-2H3,(H,26,30)(H2,27,28,29,31,32). The summed E-state index contributed by atoms with van der Waals surface area (Å²) in [5, 5.41) is 7.62. The van der Waals surface area contributed by atoms with Crippen LogP contribution in [0.4, 0.5) is 16.2 Å². The molecule has 3 N–H and O–H groups in total. The Kier molecular flexibility index (Phi) is 8.52. The molecule has 0 saturated carbocycles. The number of anilines is 2. The third-order valence-corrected chi connectivity index (χ3v) is 6.53. The Morgan fingerprint density at radius 3 is 2.08 bits per heavy atom. The normalized spacial score (nSPS) is 11.3. The lowest BCUT2D eigenvalue weighted by Crippen LogP contribution is -2.37. The van der Waals surface area contributed by atoms with E-state index in [2.05, 4.69) is 25.7 Å². The van der Waals surface area contributed by atoms with Crippen molar-refractivity contribution in [2.45, 2.75) is 23.1 Å². The summed E-state index contributed by atoms with van der Waals surface area (Å²) in [6.45, 7) is 1.26. The fourth-order valence-corrected chi connectivity index (χ4v) is 4.43. The van der Waals surface area contributed by atoms with Gasteiger partial charge in [-0.25, -0.2) is 13.2 Å². The zero-order valence-electron chi connectivity index (χ0n) is 19.5. The topological polar surface area (TPSA) is 143 Å². The molecule has 0 aliphatic rings. The first kappa shape index (κ1) is 26.1. The van der Waals surface area contributed by atoms with Crippen molar-refractivity contribution in [2.24, 2.45) is 4.99 Å². The highest BCUT2D eigenvalue weighted by Crippen LogP contribution is 2.29. The molecular weight excluding hydrogens is 484 g/mol. The van der Waals surface area contributed by atoms with Gasteiger partial charge in [0, 0.05) is 6.92 Å². The fourth-order valence-electron chi connectivity index (χ4n) is 3.13. The average Bonchev–Trinajstić information content (AvgIpc) is 2.85. The van der Waals surface area contributed by atoms with Crippen molar-refractivity contribution in [1.29, 1.82) is 0 Å². The lowest BCUT2D eigenvalue weighted by molar-refractivity contribution is -0.117. The van der Waals surface area contributed by atoms with E-state index in [0.717, 1.165) is 12.7 Å². The largest absolute Gasteiger partial charge is 0.453 e. The minimum atomic E-state index is -3.87. The van der Waals surface area contributed by atoms with E-state index in [0.29, 0.717) is 0 Å². The number of hydrogen-bond acceptors (Lipinski definition) is 6. The number of rotatable bonds is 6. The molecule has 10 nitrogen and oxygen atoms in total. The number of methoxy groups -OCH3 is 1. The van der Waals surface area contributed by atoms with E-state index in [9.17, 15) is 22.8 Å². The number of alkyl carbamates (subject to hydrolysis) is 1. The number of nitrogens with zero attached hydrogens (tertiary/aromatic N) is 1. The van der Waals surface area contributed by atoms with E-state index in [1.165, 1.54) is 37.3 Å². The molecule has 3 aromatic rings. The summed E-state index contributed by atoms with van der Waals surface area (Å²) in [4.78, 5) is 40.1. The molecule has 0 aliphatic carbocycles. The second kappa shape index (κ2) is 11.8. The molecule has 3 aromatic carbocycles. The number of ether oxygens (including phenoxy) is 1. The van der Waals surface area contributed by atoms with Gasteiger partial charge in [-0.15, -0.1) is 0 Å². The van der Waals surface area contributed by atoms with E-state index in [1.54, 1.807) is 42.5 Å². The van der Waals surface area contributed by atoms with Gasteiger partial charge in [0.1, 0.15) is 0 Å². The molecule has 0 spiro atoms. The third kappa shape index (κ3) is 7.00. The number of aliphatic imine (C=N–C) groups is 1. The fraction of sp³-hybridized carbons (Fsp3) is 0.120. The van der Waals surface area contributed by atoms with Crippen LogP contribution in [-0.4, -0.2) is 39.4 Å². The lowest BCUT2D eigenvalue weighted by atomic mass is 10.1. The summed E-state index contributed by atoms with van der Waals surface area (Å²) in [7, 11) is -2.73. The number of carbonyl (C=O) groups is 3. The number of carbonyl (C=O) groups excluding carboxylic acids is 3. The monoisotopic (exact) mass is 508 g/mol. The predicted molar refractivity (Wildman–Crippen MR) is 134 cm³/mol. The number of benzene rings is 3. The quantitative estimate of drug-likeness (QED) is 0.342. The first-order chi connectivity index (χ1) is 17.2. The summed E-state index contributed by atoms with van der Waals surface area (Å²) in [6.07, 6.45) is -0.917. The van der Waals surface area contributed by atoms with Crippen LogP contribution in [0.15, 0.2) is 93.6 Å².